The third-order valence-electron chi connectivity index (χ3n) is 5.64. The summed E-state index contributed by atoms with van der Waals surface area (Å²) >= 11 is 0. The van der Waals surface area contributed by atoms with E-state index in [1.165, 1.54) is 0 Å². The molecule has 5 heteroatoms. The van der Waals surface area contributed by atoms with E-state index >= 15 is 0 Å². The van der Waals surface area contributed by atoms with Crippen molar-refractivity contribution in [1.29, 1.82) is 0 Å². The van der Waals surface area contributed by atoms with Crippen molar-refractivity contribution in [3.8, 4) is 0 Å². The molecule has 0 saturated heterocycles. The van der Waals surface area contributed by atoms with E-state index in [4.69, 9.17) is 4.74 Å². The predicted octanol–water partition coefficient (Wildman–Crippen LogP) is 4.75. The van der Waals surface area contributed by atoms with E-state index in [2.05, 4.69) is 0 Å². The van der Waals surface area contributed by atoms with Crippen molar-refractivity contribution in [2.24, 2.45) is 0 Å². The van der Waals surface area contributed by atoms with Crippen LogP contribution in [0.4, 0.5) is 0 Å². The van der Waals surface area contributed by atoms with Crippen molar-refractivity contribution in [3.05, 3.63) is 71.3 Å². The Morgan fingerprint density at radius 1 is 0.643 bits per heavy atom. The molecule has 1 aliphatic rings. The molecular weight excluding hydrogens is 356 g/mol. The molecule has 0 aromatic heterocycles. The minimum Gasteiger partial charge on any atom is -0.478 e. The van der Waals surface area contributed by atoms with E-state index in [0.29, 0.717) is 21.9 Å². The van der Waals surface area contributed by atoms with Crippen LogP contribution >= 0.6 is 0 Å². The smallest absolute Gasteiger partial charge is 0.346 e. The second kappa shape index (κ2) is 4.84. The fraction of sp³-hybridized carbons (Fsp3) is 0. The lowest BCUT2D eigenvalue weighted by atomic mass is 9.85. The number of carbonyl (C=O) groups excluding carboxylic acids is 2. The fourth-order valence-corrected chi connectivity index (χ4v) is 4.52. The number of hydrogen-bond acceptors (Lipinski definition) is 4. The summed E-state index contributed by atoms with van der Waals surface area (Å²) < 4.78 is 4.86. The van der Waals surface area contributed by atoms with Crippen molar-refractivity contribution in [3.63, 3.8) is 0 Å². The van der Waals surface area contributed by atoms with Gasteiger partial charge < -0.3 is 9.84 Å². The molecule has 1 aliphatic heterocycles. The van der Waals surface area contributed by atoms with Gasteiger partial charge in [0.15, 0.2) is 0 Å². The summed E-state index contributed by atoms with van der Waals surface area (Å²) in [6, 6.07) is 16.0. The third kappa shape index (κ3) is 1.64. The SMILES string of the molecule is O=C(O)c1ccc2c3ccc4c5c(ccc(c6cccc1c62)c53)C(=O)OC4=O. The molecule has 0 atom stereocenters. The predicted molar refractivity (Wildman–Crippen MR) is 104 cm³/mol. The molecule has 1 heterocycles. The van der Waals surface area contributed by atoms with Crippen molar-refractivity contribution in [2.75, 3.05) is 0 Å². The summed E-state index contributed by atoms with van der Waals surface area (Å²) in [5.41, 5.74) is 0.981. The third-order valence-corrected chi connectivity index (χ3v) is 5.64. The summed E-state index contributed by atoms with van der Waals surface area (Å²) in [7, 11) is 0. The lowest BCUT2D eigenvalue weighted by Gasteiger charge is -2.20. The van der Waals surface area contributed by atoms with Crippen LogP contribution in [0.2, 0.25) is 0 Å². The van der Waals surface area contributed by atoms with Gasteiger partial charge in [-0.25, -0.2) is 14.4 Å². The minimum atomic E-state index is -0.979. The first-order valence-corrected chi connectivity index (χ1v) is 8.72. The number of fused-ring (bicyclic) bond motifs is 2. The Labute approximate surface area is 157 Å². The molecule has 0 aliphatic carbocycles. The first kappa shape index (κ1) is 15.1. The number of benzene rings is 5. The Kier molecular flexibility index (Phi) is 2.61. The highest BCUT2D eigenvalue weighted by Gasteiger charge is 2.29. The summed E-state index contributed by atoms with van der Waals surface area (Å²) in [4.78, 5) is 36.2. The molecule has 0 spiro atoms. The lowest BCUT2D eigenvalue weighted by molar-refractivity contribution is 0.0390. The van der Waals surface area contributed by atoms with Crippen LogP contribution in [0.5, 0.6) is 0 Å². The van der Waals surface area contributed by atoms with Crippen molar-refractivity contribution < 1.29 is 24.2 Å². The Morgan fingerprint density at radius 3 is 1.82 bits per heavy atom. The van der Waals surface area contributed by atoms with Crippen LogP contribution in [0.3, 0.4) is 0 Å². The number of carboxylic acid groups (broad SMARTS) is 1. The Balaban J connectivity index is 1.97. The highest BCUT2D eigenvalue weighted by Crippen LogP contribution is 2.43. The van der Waals surface area contributed by atoms with E-state index in [9.17, 15) is 19.5 Å². The molecule has 6 rings (SSSR count). The van der Waals surface area contributed by atoms with Crippen LogP contribution in [-0.2, 0) is 4.74 Å². The molecule has 5 aromatic carbocycles. The minimum absolute atomic E-state index is 0.244. The first-order chi connectivity index (χ1) is 13.6. The summed E-state index contributed by atoms with van der Waals surface area (Å²) in [6.07, 6.45) is 0. The van der Waals surface area contributed by atoms with Gasteiger partial charge in [-0.3, -0.25) is 0 Å². The van der Waals surface area contributed by atoms with Gasteiger partial charge in [-0.1, -0.05) is 36.4 Å². The fourth-order valence-electron chi connectivity index (χ4n) is 4.52. The van der Waals surface area contributed by atoms with Crippen LogP contribution in [0.25, 0.3) is 43.1 Å². The number of cyclic esters (lactones) is 2. The van der Waals surface area contributed by atoms with Gasteiger partial charge in [-0.15, -0.1) is 0 Å². The van der Waals surface area contributed by atoms with Gasteiger partial charge >= 0.3 is 17.9 Å². The second-order valence-corrected chi connectivity index (χ2v) is 6.94. The lowest BCUT2D eigenvalue weighted by Crippen LogP contribution is -2.19. The first-order valence-electron chi connectivity index (χ1n) is 8.72. The zero-order valence-corrected chi connectivity index (χ0v) is 14.3. The highest BCUT2D eigenvalue weighted by molar-refractivity contribution is 6.37. The maximum absolute atomic E-state index is 12.3. The molecule has 5 aromatic rings. The van der Waals surface area contributed by atoms with Crippen LogP contribution in [0.1, 0.15) is 31.1 Å². The van der Waals surface area contributed by atoms with Crippen LogP contribution in [0.15, 0.2) is 54.6 Å². The van der Waals surface area contributed by atoms with Gasteiger partial charge in [0, 0.05) is 5.39 Å². The molecule has 0 fully saturated rings. The Hall–Kier alpha value is -3.99. The Bertz CT molecular complexity index is 1480. The molecule has 0 radical (unpaired) electrons. The van der Waals surface area contributed by atoms with Gasteiger partial charge in [0.25, 0.3) is 0 Å². The molecule has 1 N–H and O–H groups in total. The van der Waals surface area contributed by atoms with Gasteiger partial charge in [-0.2, -0.15) is 0 Å². The van der Waals surface area contributed by atoms with E-state index in [0.717, 1.165) is 32.3 Å². The van der Waals surface area contributed by atoms with E-state index < -0.39 is 17.9 Å². The zero-order valence-electron chi connectivity index (χ0n) is 14.3. The summed E-state index contributed by atoms with van der Waals surface area (Å²) in [6.45, 7) is 0. The van der Waals surface area contributed by atoms with E-state index in [1.54, 1.807) is 30.3 Å². The molecule has 5 nitrogen and oxygen atoms in total. The quantitative estimate of drug-likeness (QED) is 0.200. The van der Waals surface area contributed by atoms with Gasteiger partial charge in [0.05, 0.1) is 16.7 Å². The summed E-state index contributed by atoms with van der Waals surface area (Å²) in [5.74, 6) is -2.27. The molecule has 0 bridgehead atoms. The largest absolute Gasteiger partial charge is 0.478 e. The number of ether oxygens (including phenoxy) is 1. The standard InChI is InChI=1S/C23H10O5/c24-21(25)15-7-4-12-14-6-9-17-20-16(22(26)28-23(17)27)8-5-13(19(14)20)10-2-1-3-11(15)18(10)12/h1-9H,(H,24,25). The Morgan fingerprint density at radius 2 is 1.18 bits per heavy atom. The maximum Gasteiger partial charge on any atom is 0.346 e. The number of carboxylic acids is 1. The van der Waals surface area contributed by atoms with Crippen LogP contribution in [-0.4, -0.2) is 23.0 Å². The molecule has 0 saturated carbocycles. The number of esters is 2. The average molecular weight is 366 g/mol. The number of rotatable bonds is 1. The molecule has 0 unspecified atom stereocenters. The molecule has 28 heavy (non-hydrogen) atoms. The van der Waals surface area contributed by atoms with Gasteiger partial charge in [0.1, 0.15) is 0 Å². The van der Waals surface area contributed by atoms with Crippen molar-refractivity contribution in [1.82, 2.24) is 0 Å². The molecule has 132 valence electrons. The van der Waals surface area contributed by atoms with E-state index in [1.807, 2.05) is 24.3 Å². The number of carbonyl (C=O) groups is 3. The monoisotopic (exact) mass is 366 g/mol. The van der Waals surface area contributed by atoms with Crippen molar-refractivity contribution >= 4 is 61.0 Å². The van der Waals surface area contributed by atoms with Gasteiger partial charge in [0.2, 0.25) is 0 Å². The van der Waals surface area contributed by atoms with E-state index in [-0.39, 0.29) is 5.56 Å². The highest BCUT2D eigenvalue weighted by atomic mass is 16.6. The maximum atomic E-state index is 12.3. The molecule has 0 amide bonds. The van der Waals surface area contributed by atoms with Gasteiger partial charge in [-0.05, 0) is 55.9 Å². The topological polar surface area (TPSA) is 80.7 Å². The summed E-state index contributed by atoms with van der Waals surface area (Å²) in [5, 5.41) is 16.1. The number of aromatic carboxylic acids is 1. The average Bonchev–Trinajstić information content (AvgIpc) is 2.69. The van der Waals surface area contributed by atoms with Crippen molar-refractivity contribution in [2.45, 2.75) is 0 Å². The molecular formula is C23H10O5. The second-order valence-electron chi connectivity index (χ2n) is 6.94. The van der Waals surface area contributed by atoms with Crippen LogP contribution < -0.4 is 0 Å². The van der Waals surface area contributed by atoms with Crippen LogP contribution in [0, 0.1) is 0 Å². The zero-order chi connectivity index (χ0) is 19.2. The normalized spacial score (nSPS) is 13.7. The number of hydrogen-bond donors (Lipinski definition) is 1.